The van der Waals surface area contributed by atoms with Crippen molar-refractivity contribution < 1.29 is 22.8 Å². The number of hydrogen-bond acceptors (Lipinski definition) is 3. The van der Waals surface area contributed by atoms with Crippen LogP contribution in [0.3, 0.4) is 0 Å². The zero-order chi connectivity index (χ0) is 30.0. The summed E-state index contributed by atoms with van der Waals surface area (Å²) in [5.41, 5.74) is 3.67. The molecule has 2 heterocycles. The van der Waals surface area contributed by atoms with Gasteiger partial charge >= 0.3 is 6.18 Å². The minimum atomic E-state index is -4.50. The minimum absolute atomic E-state index is 0.0759. The summed E-state index contributed by atoms with van der Waals surface area (Å²) in [7, 11) is 3.98. The summed E-state index contributed by atoms with van der Waals surface area (Å²) in [6, 6.07) is 21.5. The van der Waals surface area contributed by atoms with Crippen LogP contribution in [0.15, 0.2) is 78.9 Å². The number of aromatic nitrogens is 1. The average Bonchev–Trinajstić information content (AvgIpc) is 3.27. The number of halogens is 3. The number of alkyl halides is 3. The average molecular weight is 575 g/mol. The van der Waals surface area contributed by atoms with Gasteiger partial charge in [0.05, 0.1) is 18.7 Å². The Bertz CT molecular complexity index is 1620. The van der Waals surface area contributed by atoms with Crippen LogP contribution in [-0.2, 0) is 19.3 Å². The van der Waals surface area contributed by atoms with Gasteiger partial charge in [0.15, 0.2) is 0 Å². The molecule has 1 N–H and O–H groups in total. The van der Waals surface area contributed by atoms with Crippen molar-refractivity contribution in [2.24, 2.45) is 0 Å². The highest BCUT2D eigenvalue weighted by molar-refractivity contribution is 6.07. The summed E-state index contributed by atoms with van der Waals surface area (Å²) in [5, 5.41) is 3.00. The second-order valence-corrected chi connectivity index (χ2v) is 10.8. The van der Waals surface area contributed by atoms with Crippen LogP contribution in [0.5, 0.6) is 0 Å². The van der Waals surface area contributed by atoms with Gasteiger partial charge in [-0.1, -0.05) is 42.5 Å². The number of rotatable bonds is 7. The third-order valence-electron chi connectivity index (χ3n) is 7.54. The maximum Gasteiger partial charge on any atom is 0.417 e. The lowest BCUT2D eigenvalue weighted by atomic mass is 9.94. The Morgan fingerprint density at radius 3 is 2.38 bits per heavy atom. The molecule has 0 saturated carbocycles. The Balaban J connectivity index is 1.44. The first-order valence-electron chi connectivity index (χ1n) is 13.8. The number of anilines is 1. The molecule has 0 bridgehead atoms. The lowest BCUT2D eigenvalue weighted by Gasteiger charge is -2.23. The molecule has 0 radical (unpaired) electrons. The first-order valence-corrected chi connectivity index (χ1v) is 13.8. The predicted molar refractivity (Wildman–Crippen MR) is 158 cm³/mol. The van der Waals surface area contributed by atoms with Gasteiger partial charge in [-0.2, -0.15) is 13.2 Å². The number of nitrogens with one attached hydrogen (secondary N) is 1. The molecule has 5 rings (SSSR count). The van der Waals surface area contributed by atoms with Gasteiger partial charge < -0.3 is 19.7 Å². The van der Waals surface area contributed by atoms with Crippen molar-refractivity contribution >= 4 is 17.5 Å². The van der Waals surface area contributed by atoms with E-state index in [9.17, 15) is 22.8 Å². The number of aryl methyl sites for hydroxylation is 1. The molecule has 0 atom stereocenters. The summed E-state index contributed by atoms with van der Waals surface area (Å²) >= 11 is 0. The molecule has 0 aliphatic carbocycles. The van der Waals surface area contributed by atoms with Gasteiger partial charge in [0.1, 0.15) is 5.69 Å². The third-order valence-corrected chi connectivity index (χ3v) is 7.54. The number of fused-ring (bicyclic) bond motifs is 2. The highest BCUT2D eigenvalue weighted by Gasteiger charge is 2.34. The van der Waals surface area contributed by atoms with Crippen molar-refractivity contribution in [3.8, 4) is 11.1 Å². The molecule has 9 heteroatoms. The van der Waals surface area contributed by atoms with E-state index in [1.807, 2.05) is 49.0 Å². The number of carbonyl (C=O) groups is 2. The maximum absolute atomic E-state index is 14.0. The Labute approximate surface area is 243 Å². The number of carbonyl (C=O) groups excluding carboxylic acids is 2. The third kappa shape index (κ3) is 5.97. The van der Waals surface area contributed by atoms with Crippen LogP contribution >= 0.6 is 0 Å². The van der Waals surface area contributed by atoms with Crippen LogP contribution in [0.2, 0.25) is 0 Å². The van der Waals surface area contributed by atoms with Gasteiger partial charge in [-0.3, -0.25) is 9.59 Å². The van der Waals surface area contributed by atoms with Gasteiger partial charge in [-0.15, -0.1) is 0 Å². The standard InChI is InChI=1S/C33H33F3N4O2/c1-22-19-23(13-15-26(22)27-10-5-6-11-28(27)33(34,35)36)32(42)40-21-25-14-16-30(31(41)37-17-8-18-38(2)3)39(25)20-24-9-4-7-12-29(24)40/h4-7,9-16,19H,8,17-18,20-21H2,1-3H3,(H,37,41). The number of benzene rings is 3. The van der Waals surface area contributed by atoms with Crippen molar-refractivity contribution in [3.05, 3.63) is 113 Å². The highest BCUT2D eigenvalue weighted by atomic mass is 19.4. The van der Waals surface area contributed by atoms with E-state index in [-0.39, 0.29) is 23.9 Å². The molecule has 2 amide bonds. The first kappa shape index (κ1) is 29.1. The summed E-state index contributed by atoms with van der Waals surface area (Å²) < 4.78 is 43.0. The molecular weight excluding hydrogens is 541 g/mol. The van der Waals surface area contributed by atoms with Crippen LogP contribution in [0, 0.1) is 6.92 Å². The van der Waals surface area contributed by atoms with Gasteiger partial charge in [0.2, 0.25) is 0 Å². The first-order chi connectivity index (χ1) is 20.0. The molecular formula is C33H33F3N4O2. The smallest absolute Gasteiger partial charge is 0.351 e. The van der Waals surface area contributed by atoms with Gasteiger partial charge in [0.25, 0.3) is 11.8 Å². The zero-order valence-corrected chi connectivity index (χ0v) is 23.8. The van der Waals surface area contributed by atoms with Crippen LogP contribution < -0.4 is 10.2 Å². The number of para-hydroxylation sites is 1. The van der Waals surface area contributed by atoms with E-state index in [1.54, 1.807) is 42.2 Å². The van der Waals surface area contributed by atoms with Crippen LogP contribution in [0.25, 0.3) is 11.1 Å². The molecule has 0 spiro atoms. The Morgan fingerprint density at radius 2 is 1.64 bits per heavy atom. The maximum atomic E-state index is 14.0. The quantitative estimate of drug-likeness (QED) is 0.261. The molecule has 6 nitrogen and oxygen atoms in total. The molecule has 4 aromatic rings. The summed E-state index contributed by atoms with van der Waals surface area (Å²) in [4.78, 5) is 30.8. The van der Waals surface area contributed by atoms with Gasteiger partial charge in [-0.25, -0.2) is 0 Å². The van der Waals surface area contributed by atoms with Crippen molar-refractivity contribution in [3.63, 3.8) is 0 Å². The number of amides is 2. The fourth-order valence-electron chi connectivity index (χ4n) is 5.45. The molecule has 0 saturated heterocycles. The molecule has 3 aromatic carbocycles. The van der Waals surface area contributed by atoms with Crippen LogP contribution in [0.4, 0.5) is 18.9 Å². The Morgan fingerprint density at radius 1 is 0.905 bits per heavy atom. The van der Waals surface area contributed by atoms with E-state index in [1.165, 1.54) is 12.1 Å². The monoisotopic (exact) mass is 574 g/mol. The Hall–Kier alpha value is -4.37. The topological polar surface area (TPSA) is 57.6 Å². The van der Waals surface area contributed by atoms with E-state index in [2.05, 4.69) is 10.2 Å². The fourth-order valence-corrected chi connectivity index (χ4v) is 5.45. The highest BCUT2D eigenvalue weighted by Crippen LogP contribution is 2.38. The van der Waals surface area contributed by atoms with E-state index >= 15 is 0 Å². The molecule has 1 aromatic heterocycles. The minimum Gasteiger partial charge on any atom is -0.351 e. The predicted octanol–water partition coefficient (Wildman–Crippen LogP) is 6.37. The van der Waals surface area contributed by atoms with Crippen molar-refractivity contribution in [2.75, 3.05) is 32.1 Å². The van der Waals surface area contributed by atoms with Gasteiger partial charge in [0, 0.05) is 23.5 Å². The second kappa shape index (κ2) is 11.9. The molecule has 218 valence electrons. The Kier molecular flexibility index (Phi) is 8.22. The lowest BCUT2D eigenvalue weighted by Crippen LogP contribution is -2.31. The largest absolute Gasteiger partial charge is 0.417 e. The van der Waals surface area contributed by atoms with Crippen LogP contribution in [0.1, 0.15) is 49.7 Å². The van der Waals surface area contributed by atoms with E-state index in [4.69, 9.17) is 0 Å². The van der Waals surface area contributed by atoms with E-state index in [0.717, 1.165) is 36.0 Å². The van der Waals surface area contributed by atoms with Crippen LogP contribution in [-0.4, -0.2) is 48.5 Å². The van der Waals surface area contributed by atoms with Crippen molar-refractivity contribution in [2.45, 2.75) is 32.6 Å². The van der Waals surface area contributed by atoms with Crippen molar-refractivity contribution in [1.29, 1.82) is 0 Å². The summed E-state index contributed by atoms with van der Waals surface area (Å²) in [6.45, 7) is 3.80. The molecule has 0 fully saturated rings. The molecule has 0 unspecified atom stereocenters. The SMILES string of the molecule is Cc1cc(C(=O)N2Cc3ccc(C(=O)NCCCN(C)C)n3Cc3ccccc32)ccc1-c1ccccc1C(F)(F)F. The summed E-state index contributed by atoms with van der Waals surface area (Å²) in [5.74, 6) is -0.437. The molecule has 42 heavy (non-hydrogen) atoms. The lowest BCUT2D eigenvalue weighted by molar-refractivity contribution is -0.137. The number of nitrogens with zero attached hydrogens (tertiary/aromatic N) is 3. The fraction of sp³-hybridized carbons (Fsp3) is 0.273. The second-order valence-electron chi connectivity index (χ2n) is 10.8. The van der Waals surface area contributed by atoms with E-state index < -0.39 is 11.7 Å². The van der Waals surface area contributed by atoms with E-state index in [0.29, 0.717) is 35.5 Å². The van der Waals surface area contributed by atoms with Crippen molar-refractivity contribution in [1.82, 2.24) is 14.8 Å². The molecule has 1 aliphatic rings. The summed E-state index contributed by atoms with van der Waals surface area (Å²) in [6.07, 6.45) is -3.67. The normalized spacial score (nSPS) is 13.0. The molecule has 1 aliphatic heterocycles. The zero-order valence-electron chi connectivity index (χ0n) is 23.8. The number of hydrogen-bond donors (Lipinski definition) is 1. The van der Waals surface area contributed by atoms with Gasteiger partial charge in [-0.05, 0) is 92.6 Å².